The Morgan fingerprint density at radius 1 is 1.07 bits per heavy atom. The van der Waals surface area contributed by atoms with Gasteiger partial charge in [0.2, 0.25) is 0 Å². The van der Waals surface area contributed by atoms with E-state index in [0.29, 0.717) is 23.8 Å². The summed E-state index contributed by atoms with van der Waals surface area (Å²) in [7, 11) is -3.83. The molecule has 0 bridgehead atoms. The summed E-state index contributed by atoms with van der Waals surface area (Å²) in [6.45, 7) is 5.93. The van der Waals surface area contributed by atoms with Gasteiger partial charge in [0.1, 0.15) is 5.75 Å². The van der Waals surface area contributed by atoms with Crippen LogP contribution in [0.3, 0.4) is 0 Å². The van der Waals surface area contributed by atoms with Gasteiger partial charge in [0.05, 0.1) is 9.92 Å². The van der Waals surface area contributed by atoms with E-state index in [1.54, 1.807) is 29.2 Å². The summed E-state index contributed by atoms with van der Waals surface area (Å²) >= 11 is 12.0. The minimum absolute atomic E-state index is 0.0168. The average molecular weight is 472 g/mol. The van der Waals surface area contributed by atoms with Crippen molar-refractivity contribution in [2.24, 2.45) is 0 Å². The molecule has 0 aliphatic carbocycles. The molecule has 1 aliphatic rings. The fourth-order valence-electron chi connectivity index (χ4n) is 3.04. The van der Waals surface area contributed by atoms with Gasteiger partial charge < -0.3 is 14.5 Å². The van der Waals surface area contributed by atoms with Crippen LogP contribution in [0.15, 0.2) is 47.4 Å². The van der Waals surface area contributed by atoms with E-state index in [2.05, 4.69) is 16.5 Å². The first kappa shape index (κ1) is 22.7. The molecule has 0 saturated carbocycles. The maximum atomic E-state index is 12.6. The fourth-order valence-corrected chi connectivity index (χ4v) is 4.55. The van der Waals surface area contributed by atoms with Gasteiger partial charge >= 0.3 is 0 Å². The number of anilines is 1. The third kappa shape index (κ3) is 5.78. The summed E-state index contributed by atoms with van der Waals surface area (Å²) in [6, 6.07) is 10.4. The Balaban J connectivity index is 1.60. The zero-order chi connectivity index (χ0) is 21.7. The Hall–Kier alpha value is -2.00. The van der Waals surface area contributed by atoms with Crippen LogP contribution >= 0.6 is 23.2 Å². The molecule has 1 heterocycles. The topological polar surface area (TPSA) is 79.0 Å². The lowest BCUT2D eigenvalue weighted by molar-refractivity contribution is -0.135. The van der Waals surface area contributed by atoms with Crippen molar-refractivity contribution in [2.75, 3.05) is 44.1 Å². The number of likely N-dealkylation sites (N-methyl/N-ethyl adjacent to an activating group) is 1. The first-order chi connectivity index (χ1) is 14.3. The first-order valence-electron chi connectivity index (χ1n) is 9.49. The van der Waals surface area contributed by atoms with Crippen LogP contribution in [0.4, 0.5) is 5.69 Å². The number of amides is 1. The number of carbonyl (C=O) groups excluding carboxylic acids is 1. The highest BCUT2D eigenvalue weighted by Gasteiger charge is 2.21. The van der Waals surface area contributed by atoms with Crippen molar-refractivity contribution in [1.82, 2.24) is 9.80 Å². The third-order valence-corrected chi connectivity index (χ3v) is 6.76. The highest BCUT2D eigenvalue weighted by atomic mass is 35.5. The quantitative estimate of drug-likeness (QED) is 0.669. The standard InChI is InChI=1S/C20H23Cl2N3O4S/c1-2-24-9-11-25(12-10-24)20(26)14-29-19-8-7-17(13-18(19)22)30(27,28)23-16-5-3-15(21)4-6-16/h3-8,13,23H,2,9-12,14H2,1H3. The van der Waals surface area contributed by atoms with Gasteiger partial charge in [-0.2, -0.15) is 0 Å². The molecule has 0 atom stereocenters. The molecular formula is C20H23Cl2N3O4S. The lowest BCUT2D eigenvalue weighted by Gasteiger charge is -2.33. The molecule has 0 unspecified atom stereocenters. The molecule has 1 aliphatic heterocycles. The van der Waals surface area contributed by atoms with Gasteiger partial charge in [-0.05, 0) is 49.0 Å². The smallest absolute Gasteiger partial charge is 0.261 e. The van der Waals surface area contributed by atoms with Gasteiger partial charge in [0.25, 0.3) is 15.9 Å². The van der Waals surface area contributed by atoms with Gasteiger partial charge in [-0.3, -0.25) is 9.52 Å². The molecule has 1 amide bonds. The molecule has 0 aromatic heterocycles. The van der Waals surface area contributed by atoms with Crippen molar-refractivity contribution < 1.29 is 17.9 Å². The molecule has 162 valence electrons. The number of nitrogens with one attached hydrogen (secondary N) is 1. The molecule has 1 saturated heterocycles. The summed E-state index contributed by atoms with van der Waals surface area (Å²) < 4.78 is 33.1. The van der Waals surface area contributed by atoms with Gasteiger partial charge in [-0.1, -0.05) is 30.1 Å². The van der Waals surface area contributed by atoms with Crippen molar-refractivity contribution in [3.63, 3.8) is 0 Å². The summed E-state index contributed by atoms with van der Waals surface area (Å²) in [6.07, 6.45) is 0. The van der Waals surface area contributed by atoms with E-state index < -0.39 is 10.0 Å². The Bertz CT molecular complexity index is 992. The van der Waals surface area contributed by atoms with E-state index in [9.17, 15) is 13.2 Å². The van der Waals surface area contributed by atoms with E-state index in [0.717, 1.165) is 19.6 Å². The molecule has 30 heavy (non-hydrogen) atoms. The third-order valence-electron chi connectivity index (χ3n) is 4.83. The lowest BCUT2D eigenvalue weighted by atomic mass is 10.3. The number of nitrogens with zero attached hydrogens (tertiary/aromatic N) is 2. The number of carbonyl (C=O) groups is 1. The van der Waals surface area contributed by atoms with E-state index >= 15 is 0 Å². The second-order valence-electron chi connectivity index (χ2n) is 6.81. The van der Waals surface area contributed by atoms with Gasteiger partial charge in [-0.25, -0.2) is 8.42 Å². The summed E-state index contributed by atoms with van der Waals surface area (Å²) in [5.41, 5.74) is 0.379. The van der Waals surface area contributed by atoms with Crippen LogP contribution in [0.2, 0.25) is 10.0 Å². The number of benzene rings is 2. The highest BCUT2D eigenvalue weighted by Crippen LogP contribution is 2.28. The largest absolute Gasteiger partial charge is 0.482 e. The van der Waals surface area contributed by atoms with Crippen molar-refractivity contribution in [3.8, 4) is 5.75 Å². The Morgan fingerprint density at radius 2 is 1.73 bits per heavy atom. The van der Waals surface area contributed by atoms with Crippen LogP contribution in [0.25, 0.3) is 0 Å². The van der Waals surface area contributed by atoms with E-state index in [1.165, 1.54) is 18.2 Å². The van der Waals surface area contributed by atoms with Crippen LogP contribution in [-0.2, 0) is 14.8 Å². The zero-order valence-corrected chi connectivity index (χ0v) is 18.8. The number of rotatable bonds is 7. The molecule has 0 radical (unpaired) electrons. The maximum absolute atomic E-state index is 12.6. The van der Waals surface area contributed by atoms with E-state index in [-0.39, 0.29) is 28.2 Å². The van der Waals surface area contributed by atoms with Crippen molar-refractivity contribution in [3.05, 3.63) is 52.5 Å². The first-order valence-corrected chi connectivity index (χ1v) is 11.7. The van der Waals surface area contributed by atoms with Crippen molar-refractivity contribution >= 4 is 44.8 Å². The predicted octanol–water partition coefficient (Wildman–Crippen LogP) is 3.34. The number of ether oxygens (including phenoxy) is 1. The molecule has 0 spiro atoms. The summed E-state index contributed by atoms with van der Waals surface area (Å²) in [4.78, 5) is 16.4. The highest BCUT2D eigenvalue weighted by molar-refractivity contribution is 7.92. The number of sulfonamides is 1. The summed E-state index contributed by atoms with van der Waals surface area (Å²) in [5, 5.41) is 0.613. The summed E-state index contributed by atoms with van der Waals surface area (Å²) in [5.74, 6) is 0.130. The fraction of sp³-hybridized carbons (Fsp3) is 0.350. The molecule has 2 aromatic carbocycles. The zero-order valence-electron chi connectivity index (χ0n) is 16.5. The molecular weight excluding hydrogens is 449 g/mol. The van der Waals surface area contributed by atoms with Gasteiger partial charge in [-0.15, -0.1) is 0 Å². The minimum Gasteiger partial charge on any atom is -0.482 e. The normalized spacial score (nSPS) is 15.1. The monoisotopic (exact) mass is 471 g/mol. The van der Waals surface area contributed by atoms with Gasteiger partial charge in [0.15, 0.2) is 6.61 Å². The van der Waals surface area contributed by atoms with Crippen molar-refractivity contribution in [2.45, 2.75) is 11.8 Å². The number of hydrogen-bond acceptors (Lipinski definition) is 5. The van der Waals surface area contributed by atoms with Crippen LogP contribution in [0.5, 0.6) is 5.75 Å². The SMILES string of the molecule is CCN1CCN(C(=O)COc2ccc(S(=O)(=O)Nc3ccc(Cl)cc3)cc2Cl)CC1. The van der Waals surface area contributed by atoms with Gasteiger partial charge in [0, 0.05) is 36.9 Å². The second kappa shape index (κ2) is 9.87. The molecule has 1 N–H and O–H groups in total. The number of hydrogen-bond donors (Lipinski definition) is 1. The van der Waals surface area contributed by atoms with Crippen molar-refractivity contribution in [1.29, 1.82) is 0 Å². The molecule has 1 fully saturated rings. The minimum atomic E-state index is -3.83. The lowest BCUT2D eigenvalue weighted by Crippen LogP contribution is -2.49. The van der Waals surface area contributed by atoms with Crippen LogP contribution < -0.4 is 9.46 Å². The van der Waals surface area contributed by atoms with Crippen LogP contribution in [0, 0.1) is 0 Å². The Kier molecular flexibility index (Phi) is 7.46. The average Bonchev–Trinajstić information content (AvgIpc) is 2.74. The second-order valence-corrected chi connectivity index (χ2v) is 9.33. The predicted molar refractivity (Wildman–Crippen MR) is 118 cm³/mol. The molecule has 10 heteroatoms. The Labute approximate surface area is 186 Å². The van der Waals surface area contributed by atoms with E-state index in [1.807, 2.05) is 0 Å². The molecule has 7 nitrogen and oxygen atoms in total. The molecule has 3 rings (SSSR count). The Morgan fingerprint density at radius 3 is 2.33 bits per heavy atom. The number of piperazine rings is 1. The van der Waals surface area contributed by atoms with E-state index in [4.69, 9.17) is 27.9 Å². The van der Waals surface area contributed by atoms with Crippen LogP contribution in [0.1, 0.15) is 6.92 Å². The number of halogens is 2. The molecule has 2 aromatic rings. The maximum Gasteiger partial charge on any atom is 0.261 e. The van der Waals surface area contributed by atoms with Crippen LogP contribution in [-0.4, -0.2) is 63.5 Å².